The summed E-state index contributed by atoms with van der Waals surface area (Å²) in [4.78, 5) is 14.2. The number of rotatable bonds is 7. The largest absolute Gasteiger partial charge is 0.497 e. The summed E-state index contributed by atoms with van der Waals surface area (Å²) in [5, 5.41) is 0. The van der Waals surface area contributed by atoms with Gasteiger partial charge in [-0.25, -0.2) is 4.79 Å². The molecule has 1 aliphatic heterocycles. The minimum absolute atomic E-state index is 0.275. The maximum Gasteiger partial charge on any atom is 0.337 e. The Bertz CT molecular complexity index is 1060. The van der Waals surface area contributed by atoms with Gasteiger partial charge in [0.05, 0.1) is 25.8 Å². The highest BCUT2D eigenvalue weighted by Crippen LogP contribution is 2.38. The van der Waals surface area contributed by atoms with E-state index in [9.17, 15) is 4.79 Å². The third-order valence-electron chi connectivity index (χ3n) is 6.21. The van der Waals surface area contributed by atoms with E-state index in [1.54, 1.807) is 7.11 Å². The summed E-state index contributed by atoms with van der Waals surface area (Å²) in [5.74, 6) is 0.599. The minimum atomic E-state index is -0.297. The Morgan fingerprint density at radius 1 is 1.00 bits per heavy atom. The number of carbonyl (C=O) groups is 1. The fourth-order valence-electron chi connectivity index (χ4n) is 4.44. The van der Waals surface area contributed by atoms with Crippen LogP contribution in [0.4, 0.5) is 5.69 Å². The summed E-state index contributed by atoms with van der Waals surface area (Å²) >= 11 is 0. The van der Waals surface area contributed by atoms with Crippen LogP contribution < -0.4 is 9.64 Å². The molecule has 0 bridgehead atoms. The molecule has 1 heterocycles. The van der Waals surface area contributed by atoms with Gasteiger partial charge in [0.1, 0.15) is 5.75 Å². The van der Waals surface area contributed by atoms with Crippen molar-refractivity contribution in [3.63, 3.8) is 0 Å². The molecule has 1 atom stereocenters. The predicted molar refractivity (Wildman–Crippen MR) is 124 cm³/mol. The van der Waals surface area contributed by atoms with E-state index in [-0.39, 0.29) is 12.0 Å². The molecular weight excluding hydrogens is 386 g/mol. The van der Waals surface area contributed by atoms with Crippen LogP contribution in [0.2, 0.25) is 0 Å². The number of fused-ring (bicyclic) bond motifs is 1. The maximum absolute atomic E-state index is 11.7. The number of aryl methyl sites for hydroxylation is 2. The number of hydrogen-bond acceptors (Lipinski definition) is 4. The lowest BCUT2D eigenvalue weighted by molar-refractivity contribution is 0.0600. The van der Waals surface area contributed by atoms with Gasteiger partial charge in [-0.3, -0.25) is 0 Å². The first-order valence-corrected chi connectivity index (χ1v) is 10.8. The van der Waals surface area contributed by atoms with Gasteiger partial charge in [0.15, 0.2) is 0 Å². The second-order valence-corrected chi connectivity index (χ2v) is 8.01. The smallest absolute Gasteiger partial charge is 0.337 e. The normalized spacial score (nSPS) is 13.6. The molecule has 4 heteroatoms. The SMILES string of the molecule is COC(=O)c1ccc(CCc2cccc3c2N(C(C)c2cccc(OC)c2)CC3)cc1. The first-order valence-electron chi connectivity index (χ1n) is 10.8. The van der Waals surface area contributed by atoms with Gasteiger partial charge in [-0.05, 0) is 72.7 Å². The molecule has 1 unspecified atom stereocenters. The predicted octanol–water partition coefficient (Wildman–Crippen LogP) is 5.39. The van der Waals surface area contributed by atoms with E-state index in [1.165, 1.54) is 35.1 Å². The van der Waals surface area contributed by atoms with Crippen LogP contribution in [0.3, 0.4) is 0 Å². The first kappa shape index (κ1) is 21.0. The van der Waals surface area contributed by atoms with Crippen molar-refractivity contribution in [3.8, 4) is 5.75 Å². The van der Waals surface area contributed by atoms with E-state index < -0.39 is 0 Å². The number of benzene rings is 3. The Kier molecular flexibility index (Phi) is 6.26. The number of carbonyl (C=O) groups excluding carboxylic acids is 1. The van der Waals surface area contributed by atoms with Crippen LogP contribution in [0, 0.1) is 0 Å². The highest BCUT2D eigenvalue weighted by molar-refractivity contribution is 5.89. The van der Waals surface area contributed by atoms with Crippen LogP contribution in [-0.2, 0) is 24.0 Å². The topological polar surface area (TPSA) is 38.8 Å². The number of ether oxygens (including phenoxy) is 2. The molecule has 0 aromatic heterocycles. The molecular formula is C27H29NO3. The molecule has 0 fully saturated rings. The quantitative estimate of drug-likeness (QED) is 0.485. The van der Waals surface area contributed by atoms with E-state index in [4.69, 9.17) is 9.47 Å². The Morgan fingerprint density at radius 3 is 2.52 bits per heavy atom. The molecule has 4 nitrogen and oxygen atoms in total. The Morgan fingerprint density at radius 2 is 1.77 bits per heavy atom. The monoisotopic (exact) mass is 415 g/mol. The van der Waals surface area contributed by atoms with E-state index >= 15 is 0 Å². The average molecular weight is 416 g/mol. The fraction of sp³-hybridized carbons (Fsp3) is 0.296. The third kappa shape index (κ3) is 4.43. The van der Waals surface area contributed by atoms with E-state index in [0.29, 0.717) is 5.56 Å². The minimum Gasteiger partial charge on any atom is -0.497 e. The van der Waals surface area contributed by atoms with Crippen molar-refractivity contribution < 1.29 is 14.3 Å². The van der Waals surface area contributed by atoms with Crippen molar-refractivity contribution in [1.82, 2.24) is 0 Å². The molecule has 3 aromatic carbocycles. The van der Waals surface area contributed by atoms with E-state index in [1.807, 2.05) is 30.3 Å². The number of hydrogen-bond donors (Lipinski definition) is 0. The Balaban J connectivity index is 1.53. The number of anilines is 1. The molecule has 160 valence electrons. The first-order chi connectivity index (χ1) is 15.1. The fourth-order valence-corrected chi connectivity index (χ4v) is 4.44. The summed E-state index contributed by atoms with van der Waals surface area (Å²) in [7, 11) is 3.12. The van der Waals surface area contributed by atoms with Crippen molar-refractivity contribution in [2.45, 2.75) is 32.2 Å². The van der Waals surface area contributed by atoms with Gasteiger partial charge in [-0.15, -0.1) is 0 Å². The maximum atomic E-state index is 11.7. The molecule has 0 radical (unpaired) electrons. The molecule has 0 aliphatic carbocycles. The third-order valence-corrected chi connectivity index (χ3v) is 6.21. The zero-order valence-electron chi connectivity index (χ0n) is 18.4. The highest BCUT2D eigenvalue weighted by atomic mass is 16.5. The Hall–Kier alpha value is -3.27. The summed E-state index contributed by atoms with van der Waals surface area (Å²) in [5.41, 5.74) is 7.25. The van der Waals surface area contributed by atoms with Gasteiger partial charge < -0.3 is 14.4 Å². The standard InChI is InChI=1S/C27H29NO3/c1-19(24-8-5-9-25(18-24)30-2)28-17-16-22-7-4-6-21(26(22)28)13-10-20-11-14-23(15-12-20)27(29)31-3/h4-9,11-12,14-15,18-19H,10,13,16-17H2,1-3H3. The van der Waals surface area contributed by atoms with Crippen molar-refractivity contribution in [2.24, 2.45) is 0 Å². The zero-order valence-corrected chi connectivity index (χ0v) is 18.4. The van der Waals surface area contributed by atoms with Crippen LogP contribution in [-0.4, -0.2) is 26.7 Å². The second kappa shape index (κ2) is 9.25. The van der Waals surface area contributed by atoms with Crippen LogP contribution in [0.5, 0.6) is 5.75 Å². The molecule has 0 amide bonds. The van der Waals surface area contributed by atoms with Gasteiger partial charge in [-0.1, -0.05) is 42.5 Å². The Labute approximate surface area is 184 Å². The van der Waals surface area contributed by atoms with Crippen molar-refractivity contribution >= 4 is 11.7 Å². The molecule has 3 aromatic rings. The lowest BCUT2D eigenvalue weighted by Gasteiger charge is -2.30. The van der Waals surface area contributed by atoms with Crippen molar-refractivity contribution in [1.29, 1.82) is 0 Å². The zero-order chi connectivity index (χ0) is 21.8. The number of methoxy groups -OCH3 is 2. The molecule has 0 spiro atoms. The van der Waals surface area contributed by atoms with Crippen LogP contribution in [0.1, 0.15) is 45.6 Å². The number of esters is 1. The second-order valence-electron chi connectivity index (χ2n) is 8.01. The van der Waals surface area contributed by atoms with Crippen LogP contribution >= 0.6 is 0 Å². The summed E-state index contributed by atoms with van der Waals surface area (Å²) < 4.78 is 10.2. The molecule has 31 heavy (non-hydrogen) atoms. The molecule has 1 aliphatic rings. The van der Waals surface area contributed by atoms with Gasteiger partial charge in [-0.2, -0.15) is 0 Å². The molecule has 4 rings (SSSR count). The number of nitrogens with zero attached hydrogens (tertiary/aromatic N) is 1. The summed E-state index contributed by atoms with van der Waals surface area (Å²) in [6, 6.07) is 23.0. The lowest BCUT2D eigenvalue weighted by Crippen LogP contribution is -2.25. The van der Waals surface area contributed by atoms with Crippen molar-refractivity contribution in [2.75, 3.05) is 25.7 Å². The summed E-state index contributed by atoms with van der Waals surface area (Å²) in [6.07, 6.45) is 2.96. The van der Waals surface area contributed by atoms with E-state index in [2.05, 4.69) is 48.2 Å². The average Bonchev–Trinajstić information content (AvgIpc) is 3.27. The van der Waals surface area contributed by atoms with Crippen LogP contribution in [0.15, 0.2) is 66.7 Å². The van der Waals surface area contributed by atoms with Gasteiger partial charge in [0.25, 0.3) is 0 Å². The molecule has 0 saturated heterocycles. The van der Waals surface area contributed by atoms with Gasteiger partial charge in [0.2, 0.25) is 0 Å². The summed E-state index contributed by atoms with van der Waals surface area (Å²) in [6.45, 7) is 3.30. The number of para-hydroxylation sites is 1. The van der Waals surface area contributed by atoms with Gasteiger partial charge >= 0.3 is 5.97 Å². The van der Waals surface area contributed by atoms with Crippen LogP contribution in [0.25, 0.3) is 0 Å². The highest BCUT2D eigenvalue weighted by Gasteiger charge is 2.26. The van der Waals surface area contributed by atoms with Gasteiger partial charge in [0, 0.05) is 12.2 Å². The molecule has 0 saturated carbocycles. The van der Waals surface area contributed by atoms with E-state index in [0.717, 1.165) is 31.6 Å². The molecule has 0 N–H and O–H groups in total. The van der Waals surface area contributed by atoms with Crippen molar-refractivity contribution in [3.05, 3.63) is 94.5 Å². The lowest BCUT2D eigenvalue weighted by atomic mass is 9.98.